The van der Waals surface area contributed by atoms with Crippen molar-refractivity contribution in [3.8, 4) is 11.5 Å². The highest BCUT2D eigenvalue weighted by molar-refractivity contribution is 5.65. The fraction of sp³-hybridized carbons (Fsp3) is 0.250. The van der Waals surface area contributed by atoms with Gasteiger partial charge in [-0.05, 0) is 126 Å². The summed E-state index contributed by atoms with van der Waals surface area (Å²) in [5, 5.41) is 20.0. The Hall–Kier alpha value is -4.30. The molecule has 2 N–H and O–H groups in total. The lowest BCUT2D eigenvalue weighted by Crippen LogP contribution is -1.91. The van der Waals surface area contributed by atoms with Crippen LogP contribution in [-0.2, 0) is 0 Å². The average Bonchev–Trinajstić information content (AvgIpc) is 2.92. The van der Waals surface area contributed by atoms with Gasteiger partial charge in [-0.25, -0.2) is 0 Å². The molecule has 2 aromatic carbocycles. The Bertz CT molecular complexity index is 1440. The Morgan fingerprint density at radius 3 is 1.12 bits per heavy atom. The standard InChI is InChI=1S/C40H48O2/c1-27(17-13-19-29(3)21-23-37-31(5)25-39(41)35(9)33(37)7)15-11-12-16-28(2)18-14-20-30(4)22-24-38-32(6)26-40(42)36(10)34(38)8/h11-26,41-42H,1-10H3/b12-11+,17-13+,18-14+,23-21+,24-22+,27-15+,28-16+,29-19+,30-20+. The van der Waals surface area contributed by atoms with Crippen molar-refractivity contribution in [2.75, 3.05) is 0 Å². The summed E-state index contributed by atoms with van der Waals surface area (Å²) in [6, 6.07) is 3.66. The average molecular weight is 561 g/mol. The summed E-state index contributed by atoms with van der Waals surface area (Å²) in [6.07, 6.45) is 29.3. The molecule has 0 saturated carbocycles. The van der Waals surface area contributed by atoms with Crippen LogP contribution >= 0.6 is 0 Å². The third-order valence-electron chi connectivity index (χ3n) is 7.55. The minimum Gasteiger partial charge on any atom is -0.508 e. The van der Waals surface area contributed by atoms with E-state index in [0.29, 0.717) is 11.5 Å². The number of allylic oxidation sites excluding steroid dienone is 16. The van der Waals surface area contributed by atoms with Crippen molar-refractivity contribution in [3.63, 3.8) is 0 Å². The molecule has 42 heavy (non-hydrogen) atoms. The van der Waals surface area contributed by atoms with E-state index in [4.69, 9.17) is 0 Å². The zero-order chi connectivity index (χ0) is 31.4. The van der Waals surface area contributed by atoms with Crippen LogP contribution in [0.15, 0.2) is 107 Å². The van der Waals surface area contributed by atoms with Crippen LogP contribution in [0.1, 0.15) is 72.2 Å². The van der Waals surface area contributed by atoms with Gasteiger partial charge in [0.1, 0.15) is 11.5 Å². The third-order valence-corrected chi connectivity index (χ3v) is 7.55. The lowest BCUT2D eigenvalue weighted by Gasteiger charge is -2.10. The summed E-state index contributed by atoms with van der Waals surface area (Å²) in [5.41, 5.74) is 13.2. The van der Waals surface area contributed by atoms with Gasteiger partial charge >= 0.3 is 0 Å². The second-order valence-corrected chi connectivity index (χ2v) is 11.2. The predicted molar refractivity (Wildman–Crippen MR) is 185 cm³/mol. The van der Waals surface area contributed by atoms with Crippen LogP contribution in [0, 0.1) is 41.5 Å². The second kappa shape index (κ2) is 16.2. The van der Waals surface area contributed by atoms with Crippen molar-refractivity contribution in [1.29, 1.82) is 0 Å². The van der Waals surface area contributed by atoms with Crippen LogP contribution < -0.4 is 0 Å². The molecule has 0 aliphatic heterocycles. The van der Waals surface area contributed by atoms with Crippen molar-refractivity contribution in [3.05, 3.63) is 152 Å². The van der Waals surface area contributed by atoms with E-state index in [1.165, 1.54) is 11.1 Å². The molecule has 0 aliphatic carbocycles. The molecule has 0 fully saturated rings. The summed E-state index contributed by atoms with van der Waals surface area (Å²) in [4.78, 5) is 0. The first-order valence-electron chi connectivity index (χ1n) is 14.5. The summed E-state index contributed by atoms with van der Waals surface area (Å²) in [5.74, 6) is 0.713. The van der Waals surface area contributed by atoms with Gasteiger partial charge in [-0.2, -0.15) is 0 Å². The second-order valence-electron chi connectivity index (χ2n) is 11.2. The highest BCUT2D eigenvalue weighted by Crippen LogP contribution is 2.28. The fourth-order valence-corrected chi connectivity index (χ4v) is 4.44. The Morgan fingerprint density at radius 2 is 0.762 bits per heavy atom. The normalized spacial score (nSPS) is 14.2. The molecule has 0 unspecified atom stereocenters. The minimum atomic E-state index is 0.357. The van der Waals surface area contributed by atoms with E-state index in [1.807, 2.05) is 39.8 Å². The smallest absolute Gasteiger partial charge is 0.119 e. The van der Waals surface area contributed by atoms with Crippen LogP contribution in [0.25, 0.3) is 12.2 Å². The molecule has 2 heteroatoms. The van der Waals surface area contributed by atoms with Crippen LogP contribution in [-0.4, -0.2) is 10.2 Å². The van der Waals surface area contributed by atoms with Gasteiger partial charge in [0.25, 0.3) is 0 Å². The molecule has 2 rings (SSSR count). The van der Waals surface area contributed by atoms with E-state index in [2.05, 4.69) is 127 Å². The molecule has 0 heterocycles. The first-order valence-corrected chi connectivity index (χ1v) is 14.5. The van der Waals surface area contributed by atoms with E-state index in [0.717, 1.165) is 55.7 Å². The van der Waals surface area contributed by atoms with Crippen molar-refractivity contribution in [2.24, 2.45) is 0 Å². The van der Waals surface area contributed by atoms with E-state index >= 15 is 0 Å². The fourth-order valence-electron chi connectivity index (χ4n) is 4.44. The lowest BCUT2D eigenvalue weighted by molar-refractivity contribution is 0.469. The molecular formula is C40H48O2. The number of hydrogen-bond acceptors (Lipinski definition) is 2. The predicted octanol–water partition coefficient (Wildman–Crippen LogP) is 11.1. The zero-order valence-corrected chi connectivity index (χ0v) is 27.1. The van der Waals surface area contributed by atoms with Crippen LogP contribution in [0.4, 0.5) is 0 Å². The van der Waals surface area contributed by atoms with Gasteiger partial charge < -0.3 is 10.2 Å². The first kappa shape index (κ1) is 33.9. The van der Waals surface area contributed by atoms with Gasteiger partial charge in [0.15, 0.2) is 0 Å². The molecule has 0 saturated heterocycles. The Morgan fingerprint density at radius 1 is 0.452 bits per heavy atom. The van der Waals surface area contributed by atoms with Gasteiger partial charge in [0.05, 0.1) is 0 Å². The summed E-state index contributed by atoms with van der Waals surface area (Å²) in [7, 11) is 0. The first-order chi connectivity index (χ1) is 19.8. The van der Waals surface area contributed by atoms with Crippen LogP contribution in [0.5, 0.6) is 11.5 Å². The van der Waals surface area contributed by atoms with Gasteiger partial charge in [-0.1, -0.05) is 107 Å². The van der Waals surface area contributed by atoms with Crippen molar-refractivity contribution in [1.82, 2.24) is 0 Å². The number of phenolic OH excluding ortho intramolecular Hbond substituents is 2. The van der Waals surface area contributed by atoms with E-state index < -0.39 is 0 Å². The number of aromatic hydroxyl groups is 2. The maximum absolute atomic E-state index is 10.0. The number of aryl methyl sites for hydroxylation is 2. The maximum atomic E-state index is 10.0. The molecule has 0 aliphatic rings. The van der Waals surface area contributed by atoms with Crippen molar-refractivity contribution >= 4 is 12.2 Å². The molecule has 2 aromatic rings. The topological polar surface area (TPSA) is 40.5 Å². The maximum Gasteiger partial charge on any atom is 0.119 e. The molecule has 2 nitrogen and oxygen atoms in total. The Balaban J connectivity index is 1.94. The molecule has 0 spiro atoms. The van der Waals surface area contributed by atoms with E-state index in [1.54, 1.807) is 0 Å². The quantitative estimate of drug-likeness (QED) is 0.284. The summed E-state index contributed by atoms with van der Waals surface area (Å²) >= 11 is 0. The summed E-state index contributed by atoms with van der Waals surface area (Å²) < 4.78 is 0. The van der Waals surface area contributed by atoms with E-state index in [-0.39, 0.29) is 0 Å². The van der Waals surface area contributed by atoms with Crippen LogP contribution in [0.3, 0.4) is 0 Å². The molecule has 0 radical (unpaired) electrons. The number of phenols is 2. The van der Waals surface area contributed by atoms with Gasteiger partial charge in [-0.15, -0.1) is 0 Å². The van der Waals surface area contributed by atoms with E-state index in [9.17, 15) is 10.2 Å². The highest BCUT2D eigenvalue weighted by Gasteiger charge is 2.08. The zero-order valence-electron chi connectivity index (χ0n) is 27.1. The Kier molecular flexibility index (Phi) is 13.1. The van der Waals surface area contributed by atoms with Crippen LogP contribution in [0.2, 0.25) is 0 Å². The lowest BCUT2D eigenvalue weighted by atomic mass is 9.96. The Labute approximate surface area is 254 Å². The molecule has 0 bridgehead atoms. The molecule has 0 amide bonds. The SMILES string of the molecule is CC(/C=C/C=C(C)/C=C/c1c(C)cc(O)c(C)c1C)=C\C=C\C=C(C)\C=C\C=C(C)\C=C\c1c(C)cc(O)c(C)c1C. The van der Waals surface area contributed by atoms with Crippen molar-refractivity contribution in [2.45, 2.75) is 69.2 Å². The molecular weight excluding hydrogens is 512 g/mol. The van der Waals surface area contributed by atoms with Crippen molar-refractivity contribution < 1.29 is 10.2 Å². The number of benzene rings is 2. The largest absolute Gasteiger partial charge is 0.508 e. The molecule has 0 atom stereocenters. The third kappa shape index (κ3) is 10.3. The van der Waals surface area contributed by atoms with Gasteiger partial charge in [-0.3, -0.25) is 0 Å². The highest BCUT2D eigenvalue weighted by atomic mass is 16.3. The van der Waals surface area contributed by atoms with Gasteiger partial charge in [0, 0.05) is 0 Å². The van der Waals surface area contributed by atoms with Gasteiger partial charge in [0.2, 0.25) is 0 Å². The molecule has 0 aromatic heterocycles. The monoisotopic (exact) mass is 560 g/mol. The summed E-state index contributed by atoms with van der Waals surface area (Å²) in [6.45, 7) is 20.4. The number of hydrogen-bond donors (Lipinski definition) is 2. The molecule has 220 valence electrons. The minimum absolute atomic E-state index is 0.357. The number of rotatable bonds is 10.